The van der Waals surface area contributed by atoms with Crippen molar-refractivity contribution in [2.75, 3.05) is 10.8 Å². The molecule has 1 aliphatic rings. The van der Waals surface area contributed by atoms with Gasteiger partial charge in [0.15, 0.2) is 0 Å². The van der Waals surface area contributed by atoms with E-state index in [2.05, 4.69) is 5.32 Å². The molecule has 10 heteroatoms. The van der Waals surface area contributed by atoms with Gasteiger partial charge in [0.05, 0.1) is 10.6 Å². The van der Waals surface area contributed by atoms with Crippen molar-refractivity contribution >= 4 is 50.7 Å². The predicted octanol–water partition coefficient (Wildman–Crippen LogP) is 6.36. The van der Waals surface area contributed by atoms with Gasteiger partial charge < -0.3 is 10.2 Å². The Kier molecular flexibility index (Phi) is 10.3. The average molecular weight is 617 g/mol. The van der Waals surface area contributed by atoms with Crippen LogP contribution in [0, 0.1) is 6.92 Å². The number of nitrogens with zero attached hydrogens (tertiary/aromatic N) is 2. The normalized spacial score (nSPS) is 14.4. The van der Waals surface area contributed by atoms with Crippen LogP contribution in [0.3, 0.4) is 0 Å². The Morgan fingerprint density at radius 1 is 0.927 bits per heavy atom. The summed E-state index contributed by atoms with van der Waals surface area (Å²) >= 11 is 12.9. The number of hydrogen-bond donors (Lipinski definition) is 1. The number of amides is 2. The Morgan fingerprint density at radius 3 is 2.22 bits per heavy atom. The van der Waals surface area contributed by atoms with E-state index in [1.165, 1.54) is 17.0 Å². The first-order chi connectivity index (χ1) is 19.6. The standard InChI is InChI=1S/C31H35Cl2N3O4S/c1-3-28(31(38)34-24-13-8-9-14-24)35(20-23-12-7-10-17-27(23)33)30(37)21-36(29-19-11-18-26(32)22(29)2)41(39,40)25-15-5-4-6-16-25/h4-7,10-12,15-19,24,28H,3,8-9,13-14,20-21H2,1-2H3,(H,34,38)/t28-/m0/s1. The van der Waals surface area contributed by atoms with Crippen LogP contribution >= 0.6 is 23.2 Å². The van der Waals surface area contributed by atoms with Crippen molar-refractivity contribution in [2.45, 2.75) is 69.5 Å². The maximum Gasteiger partial charge on any atom is 0.264 e. The summed E-state index contributed by atoms with van der Waals surface area (Å²) in [7, 11) is -4.17. The highest BCUT2D eigenvalue weighted by molar-refractivity contribution is 7.92. The number of carbonyl (C=O) groups is 2. The molecule has 1 fully saturated rings. The summed E-state index contributed by atoms with van der Waals surface area (Å²) in [6.07, 6.45) is 4.25. The van der Waals surface area contributed by atoms with Crippen molar-refractivity contribution in [3.05, 3.63) is 94.0 Å². The summed E-state index contributed by atoms with van der Waals surface area (Å²) in [4.78, 5) is 29.2. The van der Waals surface area contributed by atoms with E-state index in [1.807, 2.05) is 13.0 Å². The monoisotopic (exact) mass is 615 g/mol. The smallest absolute Gasteiger partial charge is 0.264 e. The van der Waals surface area contributed by atoms with Crippen LogP contribution < -0.4 is 9.62 Å². The van der Waals surface area contributed by atoms with Gasteiger partial charge in [0, 0.05) is 22.6 Å². The first kappa shape index (κ1) is 30.9. The molecule has 0 unspecified atom stereocenters. The molecular formula is C31H35Cl2N3O4S. The number of halogens is 2. The Balaban J connectivity index is 1.75. The number of sulfonamides is 1. The first-order valence-corrected chi connectivity index (χ1v) is 16.0. The van der Waals surface area contributed by atoms with E-state index in [9.17, 15) is 18.0 Å². The second-order valence-electron chi connectivity index (χ2n) is 10.2. The molecule has 41 heavy (non-hydrogen) atoms. The second kappa shape index (κ2) is 13.7. The number of hydrogen-bond acceptors (Lipinski definition) is 4. The lowest BCUT2D eigenvalue weighted by atomic mass is 10.1. The van der Waals surface area contributed by atoms with Gasteiger partial charge in [0.25, 0.3) is 10.0 Å². The Morgan fingerprint density at radius 2 is 1.56 bits per heavy atom. The van der Waals surface area contributed by atoms with Crippen LogP contribution in [0.15, 0.2) is 77.7 Å². The predicted molar refractivity (Wildman–Crippen MR) is 164 cm³/mol. The summed E-state index contributed by atoms with van der Waals surface area (Å²) in [5, 5.41) is 3.94. The van der Waals surface area contributed by atoms with Gasteiger partial charge >= 0.3 is 0 Å². The quantitative estimate of drug-likeness (QED) is 0.272. The van der Waals surface area contributed by atoms with Gasteiger partial charge in [-0.25, -0.2) is 8.42 Å². The number of rotatable bonds is 11. The highest BCUT2D eigenvalue weighted by Gasteiger charge is 2.35. The van der Waals surface area contributed by atoms with E-state index >= 15 is 0 Å². The van der Waals surface area contributed by atoms with E-state index in [0.717, 1.165) is 30.0 Å². The molecule has 0 heterocycles. The molecule has 4 rings (SSSR count). The van der Waals surface area contributed by atoms with Crippen LogP contribution in [0.2, 0.25) is 10.0 Å². The molecule has 3 aromatic carbocycles. The molecule has 218 valence electrons. The maximum absolute atomic E-state index is 14.2. The summed E-state index contributed by atoms with van der Waals surface area (Å²) < 4.78 is 29.0. The summed E-state index contributed by atoms with van der Waals surface area (Å²) in [5.41, 5.74) is 1.46. The Hall–Kier alpha value is -3.07. The SMILES string of the molecule is CC[C@@H](C(=O)NC1CCCC1)N(Cc1ccccc1Cl)C(=O)CN(c1cccc(Cl)c1C)S(=O)(=O)c1ccccc1. The van der Waals surface area contributed by atoms with E-state index in [0.29, 0.717) is 27.6 Å². The minimum atomic E-state index is -4.17. The fourth-order valence-corrected chi connectivity index (χ4v) is 7.05. The van der Waals surface area contributed by atoms with E-state index < -0.39 is 28.5 Å². The Labute approximate surface area is 252 Å². The van der Waals surface area contributed by atoms with Crippen molar-refractivity contribution < 1.29 is 18.0 Å². The van der Waals surface area contributed by atoms with Crippen LogP contribution in [-0.4, -0.2) is 43.8 Å². The van der Waals surface area contributed by atoms with Gasteiger partial charge in [-0.2, -0.15) is 0 Å². The minimum absolute atomic E-state index is 0.0378. The van der Waals surface area contributed by atoms with Crippen molar-refractivity contribution in [3.8, 4) is 0 Å². The molecule has 0 spiro atoms. The molecule has 0 saturated heterocycles. The van der Waals surface area contributed by atoms with Gasteiger partial charge in [-0.15, -0.1) is 0 Å². The van der Waals surface area contributed by atoms with Gasteiger partial charge in [0.1, 0.15) is 12.6 Å². The minimum Gasteiger partial charge on any atom is -0.352 e. The third-order valence-electron chi connectivity index (χ3n) is 7.50. The molecule has 0 radical (unpaired) electrons. The second-order valence-corrected chi connectivity index (χ2v) is 12.9. The van der Waals surface area contributed by atoms with Crippen LogP contribution in [-0.2, 0) is 26.2 Å². The van der Waals surface area contributed by atoms with Gasteiger partial charge in [-0.3, -0.25) is 13.9 Å². The van der Waals surface area contributed by atoms with Crippen molar-refractivity contribution in [1.29, 1.82) is 0 Å². The molecule has 0 aromatic heterocycles. The van der Waals surface area contributed by atoms with Crippen LogP contribution in [0.1, 0.15) is 50.2 Å². The molecule has 1 aliphatic carbocycles. The van der Waals surface area contributed by atoms with Gasteiger partial charge in [-0.05, 0) is 67.6 Å². The molecule has 0 aliphatic heterocycles. The molecule has 1 atom stereocenters. The maximum atomic E-state index is 14.2. The van der Waals surface area contributed by atoms with Crippen molar-refractivity contribution in [2.24, 2.45) is 0 Å². The van der Waals surface area contributed by atoms with Crippen molar-refractivity contribution in [3.63, 3.8) is 0 Å². The lowest BCUT2D eigenvalue weighted by Crippen LogP contribution is -2.53. The number of benzene rings is 3. The molecular weight excluding hydrogens is 581 g/mol. The first-order valence-electron chi connectivity index (χ1n) is 13.8. The summed E-state index contributed by atoms with van der Waals surface area (Å²) in [6, 6.07) is 19.2. The fourth-order valence-electron chi connectivity index (χ4n) is 5.20. The molecule has 7 nitrogen and oxygen atoms in total. The molecule has 2 amide bonds. The van der Waals surface area contributed by atoms with Crippen LogP contribution in [0.4, 0.5) is 5.69 Å². The molecule has 3 aromatic rings. The third kappa shape index (κ3) is 7.23. The fraction of sp³-hybridized carbons (Fsp3) is 0.355. The third-order valence-corrected chi connectivity index (χ3v) is 10.1. The molecule has 1 N–H and O–H groups in total. The Bertz CT molecular complexity index is 1480. The number of carbonyl (C=O) groups excluding carboxylic acids is 2. The largest absolute Gasteiger partial charge is 0.352 e. The lowest BCUT2D eigenvalue weighted by Gasteiger charge is -2.34. The molecule has 1 saturated carbocycles. The van der Waals surface area contributed by atoms with Crippen molar-refractivity contribution in [1.82, 2.24) is 10.2 Å². The van der Waals surface area contributed by atoms with Crippen LogP contribution in [0.25, 0.3) is 0 Å². The summed E-state index contributed by atoms with van der Waals surface area (Å²) in [6.45, 7) is 3.06. The summed E-state index contributed by atoms with van der Waals surface area (Å²) in [5.74, 6) is -0.784. The zero-order valence-electron chi connectivity index (χ0n) is 23.2. The highest BCUT2D eigenvalue weighted by Crippen LogP contribution is 2.31. The topological polar surface area (TPSA) is 86.8 Å². The lowest BCUT2D eigenvalue weighted by molar-refractivity contribution is -0.140. The van der Waals surface area contributed by atoms with Gasteiger partial charge in [0.2, 0.25) is 11.8 Å². The van der Waals surface area contributed by atoms with E-state index in [-0.39, 0.29) is 29.1 Å². The zero-order valence-corrected chi connectivity index (χ0v) is 25.6. The molecule has 0 bridgehead atoms. The van der Waals surface area contributed by atoms with Gasteiger partial charge in [-0.1, -0.05) is 85.4 Å². The van der Waals surface area contributed by atoms with E-state index in [4.69, 9.17) is 23.2 Å². The number of anilines is 1. The van der Waals surface area contributed by atoms with Crippen LogP contribution in [0.5, 0.6) is 0 Å². The number of nitrogens with one attached hydrogen (secondary N) is 1. The van der Waals surface area contributed by atoms with E-state index in [1.54, 1.807) is 61.5 Å². The zero-order chi connectivity index (χ0) is 29.6. The average Bonchev–Trinajstić information content (AvgIpc) is 3.47. The highest BCUT2D eigenvalue weighted by atomic mass is 35.5.